The van der Waals surface area contributed by atoms with Crippen molar-refractivity contribution in [1.29, 1.82) is 0 Å². The van der Waals surface area contributed by atoms with Crippen molar-refractivity contribution in [3.05, 3.63) is 254 Å². The molecule has 0 spiro atoms. The topological polar surface area (TPSA) is 43.0 Å². The highest BCUT2D eigenvalue weighted by molar-refractivity contribution is 6.15. The van der Waals surface area contributed by atoms with Gasteiger partial charge in [-0.25, -0.2) is 19.8 Å². The average Bonchev–Trinajstić information content (AvgIpc) is 3.42. The quantitative estimate of drug-likeness (QED) is 0.113. The third-order valence-electron chi connectivity index (χ3n) is 13.0. The number of benzene rings is 11. The largest absolute Gasteiger partial charge is 0.238 e. The Balaban J connectivity index is 0.936. The van der Waals surface area contributed by atoms with Crippen molar-refractivity contribution in [3.8, 4) is 89.8 Å². The Morgan fingerprint density at radius 2 is 0.735 bits per heavy atom. The lowest BCUT2D eigenvalue weighted by Gasteiger charge is -2.16. The van der Waals surface area contributed by atoms with Gasteiger partial charge in [0.05, 0.1) is 6.57 Å². The van der Waals surface area contributed by atoms with Gasteiger partial charge in [0.25, 0.3) is 0 Å². The predicted octanol–water partition coefficient (Wildman–Crippen LogP) is 17.2. The van der Waals surface area contributed by atoms with Gasteiger partial charge in [-0.05, 0) is 94.0 Å². The summed E-state index contributed by atoms with van der Waals surface area (Å²) in [6, 6.07) is 84.7. The van der Waals surface area contributed by atoms with Crippen LogP contribution in [-0.2, 0) is 0 Å². The first-order chi connectivity index (χ1) is 33.7. The van der Waals surface area contributed by atoms with Crippen LogP contribution in [0.5, 0.6) is 0 Å². The number of rotatable bonds is 8. The Kier molecular flexibility index (Phi) is 10.2. The molecular weight excluding hydrogens is 825 g/mol. The van der Waals surface area contributed by atoms with Gasteiger partial charge in [0, 0.05) is 16.7 Å². The Morgan fingerprint density at radius 3 is 1.50 bits per heavy atom. The summed E-state index contributed by atoms with van der Waals surface area (Å²) in [6.45, 7) is 8.23. The van der Waals surface area contributed by atoms with Gasteiger partial charge in [0.2, 0.25) is 0 Å². The molecule has 0 bridgehead atoms. The van der Waals surface area contributed by atoms with Crippen LogP contribution in [0, 0.1) is 6.57 Å². The summed E-state index contributed by atoms with van der Waals surface area (Å²) >= 11 is 0. The Bertz CT molecular complexity index is 3920. The van der Waals surface area contributed by atoms with E-state index in [1.165, 1.54) is 43.4 Å². The van der Waals surface area contributed by atoms with E-state index in [0.717, 1.165) is 61.2 Å². The highest BCUT2D eigenvalue weighted by Crippen LogP contribution is 2.42. The fraction of sp³-hybridized carbons (Fsp3) is 0. The molecule has 0 saturated carbocycles. The molecule has 11 aromatic carbocycles. The van der Waals surface area contributed by atoms with Crippen LogP contribution < -0.4 is 0 Å². The molecule has 0 radical (unpaired) electrons. The third kappa shape index (κ3) is 7.35. The monoisotopic (exact) mass is 864 g/mol. The first-order valence-corrected chi connectivity index (χ1v) is 22.8. The molecule has 4 nitrogen and oxygen atoms in total. The summed E-state index contributed by atoms with van der Waals surface area (Å²) in [7, 11) is 0. The Morgan fingerprint density at radius 1 is 0.265 bits per heavy atom. The van der Waals surface area contributed by atoms with Crippen LogP contribution in [0.1, 0.15) is 0 Å². The Labute approximate surface area is 395 Å². The van der Waals surface area contributed by atoms with E-state index in [0.29, 0.717) is 23.2 Å². The van der Waals surface area contributed by atoms with Gasteiger partial charge in [-0.2, -0.15) is 0 Å². The Hall–Kier alpha value is -9.30. The van der Waals surface area contributed by atoms with Crippen molar-refractivity contribution in [1.82, 2.24) is 15.0 Å². The molecule has 316 valence electrons. The number of hydrogen-bond acceptors (Lipinski definition) is 3. The molecule has 12 aromatic rings. The van der Waals surface area contributed by atoms with Crippen LogP contribution in [-0.4, -0.2) is 15.0 Å². The lowest BCUT2D eigenvalue weighted by molar-refractivity contribution is 1.07. The van der Waals surface area contributed by atoms with Gasteiger partial charge in [-0.15, -0.1) is 0 Å². The van der Waals surface area contributed by atoms with E-state index in [-0.39, 0.29) is 0 Å². The first-order valence-electron chi connectivity index (χ1n) is 22.8. The van der Waals surface area contributed by atoms with E-state index in [1.807, 2.05) is 54.6 Å². The second kappa shape index (κ2) is 17.2. The molecular formula is C64H40N4. The van der Waals surface area contributed by atoms with Crippen molar-refractivity contribution in [2.24, 2.45) is 0 Å². The van der Waals surface area contributed by atoms with E-state index in [2.05, 4.69) is 193 Å². The molecule has 0 unspecified atom stereocenters. The molecule has 0 aliphatic heterocycles. The van der Waals surface area contributed by atoms with E-state index in [1.54, 1.807) is 0 Å². The molecule has 0 atom stereocenters. The summed E-state index contributed by atoms with van der Waals surface area (Å²) < 4.78 is 0. The zero-order chi connectivity index (χ0) is 45.4. The molecule has 12 rings (SSSR count). The lowest BCUT2D eigenvalue weighted by Crippen LogP contribution is -2.01. The lowest BCUT2D eigenvalue weighted by atomic mass is 9.88. The number of hydrogen-bond donors (Lipinski definition) is 0. The standard InChI is InChI=1S/C64H40N4/c1-65-60-39-38-49(41-59(60)45-34-32-44(33-35-45)52-25-9-11-28-56(52)57-31-15-21-46-37-36-43-17-6-8-27-55(43)61(46)57)54-26-10-12-29-58(54)64-67-62(47-18-3-2-4-19-47)66-63(68-64)50-23-13-22-48(40-50)53-30-14-20-42-16-5-7-24-51(42)53/h2-41H. The first kappa shape index (κ1) is 40.2. The summed E-state index contributed by atoms with van der Waals surface area (Å²) in [5.41, 5.74) is 13.9. The van der Waals surface area contributed by atoms with Crippen molar-refractivity contribution < 1.29 is 0 Å². The molecule has 0 saturated heterocycles. The molecule has 0 N–H and O–H groups in total. The van der Waals surface area contributed by atoms with Crippen LogP contribution in [0.4, 0.5) is 5.69 Å². The SMILES string of the molecule is [C-]#[N+]c1ccc(-c2ccccc2-c2nc(-c3ccccc3)nc(-c3cccc(-c4cccc5ccccc45)c3)n2)cc1-c1ccc(-c2ccccc2-c2cccc3ccc4ccccc4c23)cc1. The number of aromatic nitrogens is 3. The zero-order valence-electron chi connectivity index (χ0n) is 36.9. The summed E-state index contributed by atoms with van der Waals surface area (Å²) in [4.78, 5) is 19.5. The molecule has 1 aromatic heterocycles. The van der Waals surface area contributed by atoms with Gasteiger partial charge in [-0.1, -0.05) is 237 Å². The minimum Gasteiger partial charge on any atom is -0.238 e. The summed E-state index contributed by atoms with van der Waals surface area (Å²) in [5.74, 6) is 1.75. The number of nitrogens with zero attached hydrogens (tertiary/aromatic N) is 4. The van der Waals surface area contributed by atoms with Crippen LogP contribution in [0.25, 0.3) is 127 Å². The van der Waals surface area contributed by atoms with E-state index in [4.69, 9.17) is 21.5 Å². The minimum absolute atomic E-state index is 0.568. The van der Waals surface area contributed by atoms with Crippen LogP contribution in [0.3, 0.4) is 0 Å². The zero-order valence-corrected chi connectivity index (χ0v) is 36.9. The predicted molar refractivity (Wildman–Crippen MR) is 282 cm³/mol. The molecule has 0 amide bonds. The van der Waals surface area contributed by atoms with Gasteiger partial charge < -0.3 is 0 Å². The fourth-order valence-corrected chi connectivity index (χ4v) is 9.69. The van der Waals surface area contributed by atoms with Gasteiger partial charge in [0.15, 0.2) is 23.2 Å². The maximum absolute atomic E-state index is 8.23. The van der Waals surface area contributed by atoms with E-state index >= 15 is 0 Å². The molecule has 0 aliphatic carbocycles. The van der Waals surface area contributed by atoms with E-state index < -0.39 is 0 Å². The minimum atomic E-state index is 0.568. The highest BCUT2D eigenvalue weighted by Gasteiger charge is 2.19. The fourth-order valence-electron chi connectivity index (χ4n) is 9.69. The smallest absolute Gasteiger partial charge is 0.194 e. The van der Waals surface area contributed by atoms with Crippen LogP contribution >= 0.6 is 0 Å². The van der Waals surface area contributed by atoms with Crippen LogP contribution in [0.15, 0.2) is 243 Å². The molecule has 0 aliphatic rings. The van der Waals surface area contributed by atoms with Crippen molar-refractivity contribution in [3.63, 3.8) is 0 Å². The maximum atomic E-state index is 8.23. The average molecular weight is 865 g/mol. The summed E-state index contributed by atoms with van der Waals surface area (Å²) in [6.07, 6.45) is 0. The van der Waals surface area contributed by atoms with Crippen molar-refractivity contribution in [2.45, 2.75) is 0 Å². The highest BCUT2D eigenvalue weighted by atomic mass is 15.0. The molecule has 1 heterocycles. The maximum Gasteiger partial charge on any atom is 0.194 e. The van der Waals surface area contributed by atoms with E-state index in [9.17, 15) is 0 Å². The molecule has 0 fully saturated rings. The molecule has 4 heteroatoms. The van der Waals surface area contributed by atoms with Crippen molar-refractivity contribution in [2.75, 3.05) is 0 Å². The normalized spacial score (nSPS) is 11.2. The third-order valence-corrected chi connectivity index (χ3v) is 13.0. The van der Waals surface area contributed by atoms with Crippen molar-refractivity contribution >= 4 is 38.0 Å². The second-order valence-corrected chi connectivity index (χ2v) is 17.0. The van der Waals surface area contributed by atoms with Crippen LogP contribution in [0.2, 0.25) is 0 Å². The number of fused-ring (bicyclic) bond motifs is 4. The second-order valence-electron chi connectivity index (χ2n) is 17.0. The molecule has 68 heavy (non-hydrogen) atoms. The summed E-state index contributed by atoms with van der Waals surface area (Å²) in [5, 5.41) is 7.33. The van der Waals surface area contributed by atoms with Gasteiger partial charge >= 0.3 is 0 Å². The van der Waals surface area contributed by atoms with Gasteiger partial charge in [0.1, 0.15) is 0 Å². The van der Waals surface area contributed by atoms with Gasteiger partial charge in [-0.3, -0.25) is 0 Å².